The van der Waals surface area contributed by atoms with E-state index < -0.39 is 0 Å². The van der Waals surface area contributed by atoms with Crippen LogP contribution >= 0.6 is 27.5 Å². The van der Waals surface area contributed by atoms with Gasteiger partial charge in [0.15, 0.2) is 5.65 Å². The summed E-state index contributed by atoms with van der Waals surface area (Å²) < 4.78 is 15.8. The lowest BCUT2D eigenvalue weighted by Gasteiger charge is -2.01. The van der Waals surface area contributed by atoms with Gasteiger partial charge >= 0.3 is 0 Å². The number of nitrogens with zero attached hydrogens (tertiary/aromatic N) is 2. The van der Waals surface area contributed by atoms with E-state index in [1.165, 1.54) is 12.1 Å². The third-order valence-corrected chi connectivity index (χ3v) is 3.82. The molecule has 0 radical (unpaired) electrons. The molecule has 2 aromatic heterocycles. The zero-order valence-electron chi connectivity index (χ0n) is 9.78. The number of alkyl halides is 1. The third kappa shape index (κ3) is 2.15. The summed E-state index contributed by atoms with van der Waals surface area (Å²) in [6.07, 6.45) is 1.91. The van der Waals surface area contributed by atoms with Crippen LogP contribution in [-0.2, 0) is 5.88 Å². The minimum Gasteiger partial charge on any atom is -0.301 e. The Morgan fingerprint density at radius 2 is 1.95 bits per heavy atom. The second-order valence-electron chi connectivity index (χ2n) is 4.10. The molecule has 2 nitrogen and oxygen atoms in total. The third-order valence-electron chi connectivity index (χ3n) is 2.95. The highest BCUT2D eigenvalue weighted by atomic mass is 79.9. The second-order valence-corrected chi connectivity index (χ2v) is 5.22. The van der Waals surface area contributed by atoms with Gasteiger partial charge in [-0.15, -0.1) is 11.6 Å². The van der Waals surface area contributed by atoms with Gasteiger partial charge in [0.1, 0.15) is 5.82 Å². The van der Waals surface area contributed by atoms with Crippen molar-refractivity contribution in [1.29, 1.82) is 0 Å². The van der Waals surface area contributed by atoms with Crippen molar-refractivity contribution in [2.45, 2.75) is 5.88 Å². The molecular weight excluding hydrogens is 331 g/mol. The molecular formula is C14H9BrClFN2. The molecule has 3 rings (SSSR count). The van der Waals surface area contributed by atoms with Crippen LogP contribution in [0, 0.1) is 5.82 Å². The Labute approximate surface area is 123 Å². The van der Waals surface area contributed by atoms with E-state index in [9.17, 15) is 4.39 Å². The number of imidazole rings is 1. The van der Waals surface area contributed by atoms with E-state index in [1.807, 2.05) is 22.7 Å². The minimum atomic E-state index is -0.263. The summed E-state index contributed by atoms with van der Waals surface area (Å²) in [5.41, 5.74) is 3.33. The highest BCUT2D eigenvalue weighted by Crippen LogP contribution is 2.28. The number of halogens is 3. The normalized spacial score (nSPS) is 11.1. The van der Waals surface area contributed by atoms with Crippen molar-refractivity contribution in [1.82, 2.24) is 9.38 Å². The van der Waals surface area contributed by atoms with E-state index >= 15 is 0 Å². The molecule has 1 aromatic carbocycles. The van der Waals surface area contributed by atoms with Crippen LogP contribution in [0.2, 0.25) is 0 Å². The maximum absolute atomic E-state index is 13.0. The number of aromatic nitrogens is 2. The van der Waals surface area contributed by atoms with Crippen LogP contribution in [0.1, 0.15) is 5.69 Å². The maximum Gasteiger partial charge on any atom is 0.152 e. The van der Waals surface area contributed by atoms with Crippen LogP contribution < -0.4 is 0 Å². The van der Waals surface area contributed by atoms with Gasteiger partial charge in [-0.05, 0) is 52.3 Å². The zero-order chi connectivity index (χ0) is 13.4. The van der Waals surface area contributed by atoms with E-state index in [0.717, 1.165) is 27.1 Å². The van der Waals surface area contributed by atoms with Crippen LogP contribution in [0.5, 0.6) is 0 Å². The molecule has 3 aromatic rings. The molecule has 19 heavy (non-hydrogen) atoms. The first-order valence-electron chi connectivity index (χ1n) is 5.68. The van der Waals surface area contributed by atoms with Gasteiger partial charge in [-0.3, -0.25) is 0 Å². The lowest BCUT2D eigenvalue weighted by Crippen LogP contribution is -1.91. The monoisotopic (exact) mass is 338 g/mol. The fraction of sp³-hybridized carbons (Fsp3) is 0.0714. The number of hydrogen-bond donors (Lipinski definition) is 0. The molecule has 0 saturated heterocycles. The molecule has 0 fully saturated rings. The van der Waals surface area contributed by atoms with E-state index in [0.29, 0.717) is 5.88 Å². The van der Waals surface area contributed by atoms with Crippen LogP contribution in [0.15, 0.2) is 47.1 Å². The molecule has 0 aliphatic heterocycles. The van der Waals surface area contributed by atoms with Crippen molar-refractivity contribution < 1.29 is 4.39 Å². The molecule has 0 amide bonds. The highest BCUT2D eigenvalue weighted by Gasteiger charge is 2.14. The van der Waals surface area contributed by atoms with Gasteiger partial charge in [-0.2, -0.15) is 0 Å². The SMILES string of the molecule is Fc1ccc(-c2nc3c(Br)cccn3c2CCl)cc1. The summed E-state index contributed by atoms with van der Waals surface area (Å²) in [6, 6.07) is 10.1. The molecule has 2 heterocycles. The smallest absolute Gasteiger partial charge is 0.152 e. The quantitative estimate of drug-likeness (QED) is 0.622. The highest BCUT2D eigenvalue weighted by molar-refractivity contribution is 9.10. The number of rotatable bonds is 2. The van der Waals surface area contributed by atoms with Crippen molar-refractivity contribution in [3.63, 3.8) is 0 Å². The molecule has 96 valence electrons. The first-order valence-corrected chi connectivity index (χ1v) is 7.01. The van der Waals surface area contributed by atoms with Gasteiger partial charge in [0, 0.05) is 11.8 Å². The summed E-state index contributed by atoms with van der Waals surface area (Å²) in [6.45, 7) is 0. The maximum atomic E-state index is 13.0. The Morgan fingerprint density at radius 3 is 2.63 bits per heavy atom. The minimum absolute atomic E-state index is 0.263. The largest absolute Gasteiger partial charge is 0.301 e. The lowest BCUT2D eigenvalue weighted by atomic mass is 10.1. The number of fused-ring (bicyclic) bond motifs is 1. The molecule has 0 saturated carbocycles. The Balaban J connectivity index is 2.29. The summed E-state index contributed by atoms with van der Waals surface area (Å²) in [7, 11) is 0. The van der Waals surface area contributed by atoms with Crippen LogP contribution in [0.4, 0.5) is 4.39 Å². The van der Waals surface area contributed by atoms with Gasteiger partial charge in [-0.1, -0.05) is 0 Å². The Kier molecular flexibility index (Phi) is 3.29. The molecule has 0 unspecified atom stereocenters. The number of hydrogen-bond acceptors (Lipinski definition) is 1. The fourth-order valence-electron chi connectivity index (χ4n) is 2.05. The molecule has 0 aliphatic rings. The van der Waals surface area contributed by atoms with Crippen molar-refractivity contribution in [3.8, 4) is 11.3 Å². The lowest BCUT2D eigenvalue weighted by molar-refractivity contribution is 0.628. The Morgan fingerprint density at radius 1 is 1.21 bits per heavy atom. The van der Waals surface area contributed by atoms with E-state index in [1.54, 1.807) is 12.1 Å². The van der Waals surface area contributed by atoms with Gasteiger partial charge in [0.2, 0.25) is 0 Å². The fourth-order valence-corrected chi connectivity index (χ4v) is 2.74. The average Bonchev–Trinajstić information content (AvgIpc) is 2.79. The van der Waals surface area contributed by atoms with E-state index in [2.05, 4.69) is 20.9 Å². The average molecular weight is 340 g/mol. The summed E-state index contributed by atoms with van der Waals surface area (Å²) in [5.74, 6) is 0.0748. The van der Waals surface area contributed by atoms with E-state index in [4.69, 9.17) is 11.6 Å². The predicted octanol–water partition coefficient (Wildman–Crippen LogP) is 4.64. The predicted molar refractivity (Wildman–Crippen MR) is 77.8 cm³/mol. The standard InChI is InChI=1S/C14H9BrClFN2/c15-11-2-1-7-19-12(8-16)13(18-14(11)19)9-3-5-10(17)6-4-9/h1-7H,8H2. The van der Waals surface area contributed by atoms with Gasteiger partial charge < -0.3 is 4.40 Å². The molecule has 0 atom stereocenters. The van der Waals surface area contributed by atoms with Crippen molar-refractivity contribution in [3.05, 3.63) is 58.6 Å². The van der Waals surface area contributed by atoms with Crippen molar-refractivity contribution >= 4 is 33.2 Å². The van der Waals surface area contributed by atoms with Crippen LogP contribution in [-0.4, -0.2) is 9.38 Å². The molecule has 0 aliphatic carbocycles. The molecule has 0 bridgehead atoms. The summed E-state index contributed by atoms with van der Waals surface area (Å²) >= 11 is 9.51. The second kappa shape index (κ2) is 4.94. The van der Waals surface area contributed by atoms with Crippen LogP contribution in [0.3, 0.4) is 0 Å². The zero-order valence-corrected chi connectivity index (χ0v) is 12.1. The van der Waals surface area contributed by atoms with Gasteiger partial charge in [0.05, 0.1) is 21.7 Å². The topological polar surface area (TPSA) is 17.3 Å². The van der Waals surface area contributed by atoms with Crippen molar-refractivity contribution in [2.24, 2.45) is 0 Å². The van der Waals surface area contributed by atoms with E-state index in [-0.39, 0.29) is 5.82 Å². The van der Waals surface area contributed by atoms with Crippen LogP contribution in [0.25, 0.3) is 16.9 Å². The molecule has 5 heteroatoms. The summed E-state index contributed by atoms with van der Waals surface area (Å²) in [4.78, 5) is 4.59. The van der Waals surface area contributed by atoms with Gasteiger partial charge in [-0.25, -0.2) is 9.37 Å². The Bertz CT molecular complexity index is 737. The molecule has 0 N–H and O–H groups in total. The number of pyridine rings is 1. The summed E-state index contributed by atoms with van der Waals surface area (Å²) in [5, 5.41) is 0. The van der Waals surface area contributed by atoms with Crippen molar-refractivity contribution in [2.75, 3.05) is 0 Å². The molecule has 0 spiro atoms. The number of benzene rings is 1. The van der Waals surface area contributed by atoms with Gasteiger partial charge in [0.25, 0.3) is 0 Å². The first-order chi connectivity index (χ1) is 9.20. The first kappa shape index (κ1) is 12.6. The Hall–Kier alpha value is -1.39.